The van der Waals surface area contributed by atoms with Gasteiger partial charge in [-0.1, -0.05) is 34.9 Å². The Bertz CT molecular complexity index is 1040. The molecule has 0 spiro atoms. The van der Waals surface area contributed by atoms with Gasteiger partial charge in [0, 0.05) is 28.8 Å². The third kappa shape index (κ3) is 4.22. The molecule has 6 nitrogen and oxygen atoms in total. The Morgan fingerprint density at radius 3 is 2.83 bits per heavy atom. The highest BCUT2D eigenvalue weighted by Gasteiger charge is 2.29. The third-order valence-corrected chi connectivity index (χ3v) is 6.09. The lowest BCUT2D eigenvalue weighted by Gasteiger charge is -2.09. The summed E-state index contributed by atoms with van der Waals surface area (Å²) in [5.74, 6) is 1.27. The SMILES string of the molecule is Cc1c(C(=O)NCC[S+](C)[O-])oc2c1-c1nn(Cc3ccc(Cl)cc3)cc1CC2. The van der Waals surface area contributed by atoms with Crippen molar-refractivity contribution in [3.8, 4) is 11.3 Å². The second kappa shape index (κ2) is 8.26. The number of aromatic nitrogens is 2. The number of amides is 1. The normalized spacial score (nSPS) is 13.7. The predicted octanol–water partition coefficient (Wildman–Crippen LogP) is 3.36. The van der Waals surface area contributed by atoms with E-state index in [2.05, 4.69) is 11.5 Å². The molecular formula is C21H22ClN3O3S. The predicted molar refractivity (Wildman–Crippen MR) is 114 cm³/mol. The van der Waals surface area contributed by atoms with Crippen molar-refractivity contribution in [1.29, 1.82) is 0 Å². The number of hydrogen-bond acceptors (Lipinski definition) is 4. The van der Waals surface area contributed by atoms with Crippen LogP contribution in [0, 0.1) is 6.92 Å². The zero-order valence-corrected chi connectivity index (χ0v) is 17.9. The lowest BCUT2D eigenvalue weighted by Crippen LogP contribution is -2.28. The Hall–Kier alpha value is -2.22. The first kappa shape index (κ1) is 20.1. The van der Waals surface area contributed by atoms with Crippen molar-refractivity contribution in [2.75, 3.05) is 18.6 Å². The van der Waals surface area contributed by atoms with Crippen molar-refractivity contribution in [2.24, 2.45) is 0 Å². The molecule has 1 aliphatic rings. The largest absolute Gasteiger partial charge is 0.617 e. The van der Waals surface area contributed by atoms with Gasteiger partial charge in [0.2, 0.25) is 0 Å². The molecule has 29 heavy (non-hydrogen) atoms. The Balaban J connectivity index is 1.58. The van der Waals surface area contributed by atoms with Crippen LogP contribution in [0.5, 0.6) is 0 Å². The number of benzene rings is 1. The van der Waals surface area contributed by atoms with E-state index in [0.717, 1.165) is 46.5 Å². The summed E-state index contributed by atoms with van der Waals surface area (Å²) in [7, 11) is 0. The maximum absolute atomic E-state index is 12.5. The van der Waals surface area contributed by atoms with Crippen LogP contribution in [0.1, 0.15) is 33.0 Å². The van der Waals surface area contributed by atoms with Crippen LogP contribution in [-0.2, 0) is 30.6 Å². The van der Waals surface area contributed by atoms with Crippen molar-refractivity contribution < 1.29 is 13.8 Å². The number of carbonyl (C=O) groups excluding carboxylic acids is 1. The summed E-state index contributed by atoms with van der Waals surface area (Å²) in [6.45, 7) is 2.90. The number of halogens is 1. The van der Waals surface area contributed by atoms with Crippen LogP contribution in [0.2, 0.25) is 5.02 Å². The smallest absolute Gasteiger partial charge is 0.287 e. The monoisotopic (exact) mass is 431 g/mol. The molecule has 1 N–H and O–H groups in total. The van der Waals surface area contributed by atoms with Gasteiger partial charge in [0.05, 0.1) is 25.0 Å². The van der Waals surface area contributed by atoms with E-state index in [1.807, 2.05) is 35.9 Å². The van der Waals surface area contributed by atoms with Gasteiger partial charge in [-0.3, -0.25) is 9.48 Å². The zero-order valence-electron chi connectivity index (χ0n) is 16.3. The molecular weight excluding hydrogens is 410 g/mol. The fourth-order valence-electron chi connectivity index (χ4n) is 3.63. The summed E-state index contributed by atoms with van der Waals surface area (Å²) < 4.78 is 19.0. The fourth-order valence-corrected chi connectivity index (χ4v) is 4.14. The fraction of sp³-hybridized carbons (Fsp3) is 0.333. The van der Waals surface area contributed by atoms with E-state index in [1.54, 1.807) is 6.26 Å². The van der Waals surface area contributed by atoms with Crippen LogP contribution in [0.15, 0.2) is 34.9 Å². The maximum atomic E-state index is 12.5. The summed E-state index contributed by atoms with van der Waals surface area (Å²) in [6.07, 6.45) is 5.24. The number of carbonyl (C=O) groups is 1. The number of nitrogens with zero attached hydrogens (tertiary/aromatic N) is 2. The van der Waals surface area contributed by atoms with Crippen molar-refractivity contribution >= 4 is 28.7 Å². The Morgan fingerprint density at radius 2 is 2.10 bits per heavy atom. The first-order valence-electron chi connectivity index (χ1n) is 9.44. The van der Waals surface area contributed by atoms with Crippen molar-refractivity contribution in [3.63, 3.8) is 0 Å². The summed E-state index contributed by atoms with van der Waals surface area (Å²) >= 11 is 5.02. The molecule has 0 radical (unpaired) electrons. The van der Waals surface area contributed by atoms with Gasteiger partial charge < -0.3 is 14.3 Å². The summed E-state index contributed by atoms with van der Waals surface area (Å²) in [6, 6.07) is 7.72. The molecule has 0 saturated heterocycles. The lowest BCUT2D eigenvalue weighted by atomic mass is 9.93. The third-order valence-electron chi connectivity index (χ3n) is 5.05. The van der Waals surface area contributed by atoms with Gasteiger partial charge in [0.25, 0.3) is 5.91 Å². The van der Waals surface area contributed by atoms with E-state index >= 15 is 0 Å². The standard InChI is InChI=1S/C21H22ClN3O3S/c1-13-18-17(28-20(13)21(26)23-9-10-29(2)27)8-5-15-12-25(24-19(15)18)11-14-3-6-16(22)7-4-14/h3-4,6-7,12H,5,8-11H2,1-2H3,(H,23,26). The van der Waals surface area contributed by atoms with E-state index in [4.69, 9.17) is 21.1 Å². The number of nitrogens with one attached hydrogen (secondary N) is 1. The molecule has 0 saturated carbocycles. The number of fused-ring (bicyclic) bond motifs is 3. The second-order valence-electron chi connectivity index (χ2n) is 7.21. The van der Waals surface area contributed by atoms with E-state index in [0.29, 0.717) is 29.6 Å². The van der Waals surface area contributed by atoms with Gasteiger partial charge >= 0.3 is 0 Å². The van der Waals surface area contributed by atoms with E-state index in [-0.39, 0.29) is 5.91 Å². The molecule has 152 valence electrons. The molecule has 2 heterocycles. The van der Waals surface area contributed by atoms with Crippen LogP contribution in [0.4, 0.5) is 0 Å². The molecule has 0 aliphatic heterocycles. The molecule has 4 rings (SSSR count). The number of aryl methyl sites for hydroxylation is 2. The Kier molecular flexibility index (Phi) is 5.72. The molecule has 2 aromatic heterocycles. The van der Waals surface area contributed by atoms with Gasteiger partial charge in [-0.2, -0.15) is 5.10 Å². The quantitative estimate of drug-likeness (QED) is 0.606. The minimum atomic E-state index is -0.947. The summed E-state index contributed by atoms with van der Waals surface area (Å²) in [5.41, 5.74) is 4.88. The van der Waals surface area contributed by atoms with Crippen LogP contribution < -0.4 is 5.32 Å². The van der Waals surface area contributed by atoms with Crippen LogP contribution in [0.25, 0.3) is 11.3 Å². The summed E-state index contributed by atoms with van der Waals surface area (Å²) in [5, 5.41) is 8.28. The van der Waals surface area contributed by atoms with Crippen molar-refractivity contribution in [1.82, 2.24) is 15.1 Å². The number of furan rings is 1. The summed E-state index contributed by atoms with van der Waals surface area (Å²) in [4.78, 5) is 12.5. The molecule has 0 fully saturated rings. The van der Waals surface area contributed by atoms with Crippen LogP contribution >= 0.6 is 11.6 Å². The van der Waals surface area contributed by atoms with E-state index in [1.165, 1.54) is 0 Å². The molecule has 0 bridgehead atoms. The highest BCUT2D eigenvalue weighted by atomic mass is 35.5. The maximum Gasteiger partial charge on any atom is 0.287 e. The van der Waals surface area contributed by atoms with Gasteiger partial charge in [-0.15, -0.1) is 0 Å². The second-order valence-corrected chi connectivity index (χ2v) is 9.21. The molecule has 8 heteroatoms. The van der Waals surface area contributed by atoms with Gasteiger partial charge in [0.15, 0.2) is 5.76 Å². The van der Waals surface area contributed by atoms with E-state index in [9.17, 15) is 9.35 Å². The molecule has 1 unspecified atom stereocenters. The minimum absolute atomic E-state index is 0.274. The molecule has 1 amide bonds. The van der Waals surface area contributed by atoms with Gasteiger partial charge in [-0.05, 0) is 36.6 Å². The average Bonchev–Trinajstić information content (AvgIpc) is 3.23. The van der Waals surface area contributed by atoms with Crippen molar-refractivity contribution in [3.05, 3.63) is 63.7 Å². The average molecular weight is 432 g/mol. The highest BCUT2D eigenvalue weighted by molar-refractivity contribution is 7.90. The van der Waals surface area contributed by atoms with Crippen molar-refractivity contribution in [2.45, 2.75) is 26.3 Å². The Labute approximate surface area is 177 Å². The van der Waals surface area contributed by atoms with E-state index < -0.39 is 11.2 Å². The Morgan fingerprint density at radius 1 is 1.34 bits per heavy atom. The minimum Gasteiger partial charge on any atom is -0.617 e. The first-order valence-corrected chi connectivity index (χ1v) is 11.5. The molecule has 3 aromatic rings. The molecule has 1 aromatic carbocycles. The first-order chi connectivity index (χ1) is 13.9. The number of hydrogen-bond donors (Lipinski definition) is 1. The molecule has 1 atom stereocenters. The topological polar surface area (TPSA) is 83.1 Å². The van der Waals surface area contributed by atoms with Gasteiger partial charge in [0.1, 0.15) is 11.5 Å². The highest BCUT2D eigenvalue weighted by Crippen LogP contribution is 2.38. The van der Waals surface area contributed by atoms with Gasteiger partial charge in [-0.25, -0.2) is 0 Å². The number of rotatable bonds is 6. The zero-order chi connectivity index (χ0) is 20.5. The lowest BCUT2D eigenvalue weighted by molar-refractivity contribution is 0.0926. The molecule has 1 aliphatic carbocycles. The van der Waals surface area contributed by atoms with Crippen LogP contribution in [0.3, 0.4) is 0 Å². The van der Waals surface area contributed by atoms with Crippen LogP contribution in [-0.4, -0.2) is 38.8 Å².